The Morgan fingerprint density at radius 3 is 2.89 bits per heavy atom. The van der Waals surface area contributed by atoms with Crippen molar-refractivity contribution in [3.8, 4) is 5.75 Å². The Kier molecular flexibility index (Phi) is 5.74. The van der Waals surface area contributed by atoms with Crippen LogP contribution in [-0.2, 0) is 24.9 Å². The smallest absolute Gasteiger partial charge is 0.123 e. The Hall–Kier alpha value is -1.85. The van der Waals surface area contributed by atoms with E-state index >= 15 is 0 Å². The second kappa shape index (κ2) is 8.26. The van der Waals surface area contributed by atoms with Crippen LogP contribution in [0.3, 0.4) is 0 Å². The molecular weight excluding hydrogens is 348 g/mol. The molecule has 1 atom stereocenters. The minimum atomic E-state index is 0.292. The van der Waals surface area contributed by atoms with E-state index in [2.05, 4.69) is 52.0 Å². The molecule has 1 fully saturated rings. The first-order chi connectivity index (χ1) is 13.7. The average molecular weight is 383 g/mol. The van der Waals surface area contributed by atoms with Crippen molar-refractivity contribution >= 4 is 0 Å². The number of likely N-dealkylation sites (tertiary alicyclic amines) is 1. The van der Waals surface area contributed by atoms with Crippen LogP contribution >= 0.6 is 0 Å². The monoisotopic (exact) mass is 382 g/mol. The van der Waals surface area contributed by atoms with Gasteiger partial charge in [-0.1, -0.05) is 19.9 Å². The SMILES string of the molecule is CCN(CC)Cc1cc(CN2CCCC3(CCc4cn[nH]c43)C2)ccc1OC. The first-order valence-electron chi connectivity index (χ1n) is 10.8. The van der Waals surface area contributed by atoms with Crippen LogP contribution in [0, 0.1) is 0 Å². The predicted molar refractivity (Wildman–Crippen MR) is 113 cm³/mol. The lowest BCUT2D eigenvalue weighted by molar-refractivity contribution is 0.136. The summed E-state index contributed by atoms with van der Waals surface area (Å²) in [5.41, 5.74) is 5.83. The number of nitrogens with one attached hydrogen (secondary N) is 1. The number of aromatic amines is 1. The van der Waals surface area contributed by atoms with Crippen molar-refractivity contribution in [1.82, 2.24) is 20.0 Å². The second-order valence-corrected chi connectivity index (χ2v) is 8.47. The summed E-state index contributed by atoms with van der Waals surface area (Å²) in [6.07, 6.45) is 7.03. The van der Waals surface area contributed by atoms with Crippen LogP contribution in [0.1, 0.15) is 55.5 Å². The van der Waals surface area contributed by atoms with Crippen molar-refractivity contribution in [3.05, 3.63) is 46.8 Å². The number of benzene rings is 1. The molecule has 1 aromatic carbocycles. The topological polar surface area (TPSA) is 44.4 Å². The lowest BCUT2D eigenvalue weighted by atomic mass is 9.77. The number of hydrogen-bond acceptors (Lipinski definition) is 4. The van der Waals surface area contributed by atoms with E-state index in [4.69, 9.17) is 4.74 Å². The van der Waals surface area contributed by atoms with Gasteiger partial charge in [-0.3, -0.25) is 14.9 Å². The van der Waals surface area contributed by atoms with Gasteiger partial charge in [-0.25, -0.2) is 0 Å². The van der Waals surface area contributed by atoms with E-state index in [9.17, 15) is 0 Å². The third-order valence-corrected chi connectivity index (χ3v) is 6.82. The molecule has 5 nitrogen and oxygen atoms in total. The predicted octanol–water partition coefficient (Wildman–Crippen LogP) is 3.74. The van der Waals surface area contributed by atoms with E-state index in [1.165, 1.54) is 54.6 Å². The van der Waals surface area contributed by atoms with Gasteiger partial charge in [-0.05, 0) is 68.6 Å². The molecule has 1 N–H and O–H groups in total. The highest BCUT2D eigenvalue weighted by atomic mass is 16.5. The third kappa shape index (κ3) is 3.70. The van der Waals surface area contributed by atoms with Gasteiger partial charge >= 0.3 is 0 Å². The van der Waals surface area contributed by atoms with E-state index in [-0.39, 0.29) is 0 Å². The van der Waals surface area contributed by atoms with Gasteiger partial charge in [0.1, 0.15) is 5.75 Å². The number of aromatic nitrogens is 2. The molecule has 4 rings (SSSR count). The van der Waals surface area contributed by atoms with Gasteiger partial charge in [-0.2, -0.15) is 5.10 Å². The maximum absolute atomic E-state index is 5.64. The Bertz CT molecular complexity index is 798. The maximum atomic E-state index is 5.64. The third-order valence-electron chi connectivity index (χ3n) is 6.82. The maximum Gasteiger partial charge on any atom is 0.123 e. The zero-order valence-electron chi connectivity index (χ0n) is 17.6. The Labute approximate surface area is 169 Å². The van der Waals surface area contributed by atoms with Crippen LogP contribution in [0.5, 0.6) is 5.75 Å². The number of hydrogen-bond donors (Lipinski definition) is 1. The molecule has 152 valence electrons. The highest BCUT2D eigenvalue weighted by Gasteiger charge is 2.43. The molecule has 1 unspecified atom stereocenters. The molecule has 0 bridgehead atoms. The molecule has 2 aromatic rings. The van der Waals surface area contributed by atoms with Crippen molar-refractivity contribution in [2.45, 2.75) is 58.0 Å². The summed E-state index contributed by atoms with van der Waals surface area (Å²) < 4.78 is 5.64. The average Bonchev–Trinajstić information content (AvgIpc) is 3.31. The van der Waals surface area contributed by atoms with Crippen molar-refractivity contribution in [3.63, 3.8) is 0 Å². The standard InChI is InChI=1S/C23H34N4O/c1-4-26(5-2)16-20-13-18(7-8-21(20)28-3)15-27-12-6-10-23(17-27)11-9-19-14-24-25-22(19)23/h7-8,13-14H,4-6,9-12,15-17H2,1-3H3,(H,24,25). The number of piperidine rings is 1. The molecule has 1 aromatic heterocycles. The number of ether oxygens (including phenoxy) is 1. The van der Waals surface area contributed by atoms with Gasteiger partial charge in [0.2, 0.25) is 0 Å². The second-order valence-electron chi connectivity index (χ2n) is 8.47. The summed E-state index contributed by atoms with van der Waals surface area (Å²) in [6, 6.07) is 6.74. The summed E-state index contributed by atoms with van der Waals surface area (Å²) in [7, 11) is 1.78. The number of nitrogens with zero attached hydrogens (tertiary/aromatic N) is 3. The van der Waals surface area contributed by atoms with E-state index < -0.39 is 0 Å². The zero-order valence-corrected chi connectivity index (χ0v) is 17.6. The zero-order chi connectivity index (χ0) is 19.6. The normalized spacial score (nSPS) is 22.1. The summed E-state index contributed by atoms with van der Waals surface area (Å²) in [5, 5.41) is 7.64. The van der Waals surface area contributed by atoms with Crippen LogP contribution in [0.4, 0.5) is 0 Å². The number of aryl methyl sites for hydroxylation is 1. The van der Waals surface area contributed by atoms with E-state index in [0.29, 0.717) is 5.41 Å². The summed E-state index contributed by atoms with van der Waals surface area (Å²) in [6.45, 7) is 10.8. The summed E-state index contributed by atoms with van der Waals surface area (Å²) in [5.74, 6) is 1.00. The van der Waals surface area contributed by atoms with Gasteiger partial charge in [0.25, 0.3) is 0 Å². The number of methoxy groups -OCH3 is 1. The molecular formula is C23H34N4O. The van der Waals surface area contributed by atoms with Gasteiger partial charge in [0.15, 0.2) is 0 Å². The molecule has 28 heavy (non-hydrogen) atoms. The molecule has 1 spiro atoms. The highest BCUT2D eigenvalue weighted by Crippen LogP contribution is 2.44. The lowest BCUT2D eigenvalue weighted by Gasteiger charge is -2.40. The molecule has 2 aliphatic rings. The first kappa shape index (κ1) is 19.5. The quantitative estimate of drug-likeness (QED) is 0.792. The minimum Gasteiger partial charge on any atom is -0.496 e. The molecule has 1 saturated heterocycles. The molecule has 0 saturated carbocycles. The van der Waals surface area contributed by atoms with Crippen LogP contribution in [0.15, 0.2) is 24.4 Å². The van der Waals surface area contributed by atoms with Crippen LogP contribution in [0.25, 0.3) is 0 Å². The van der Waals surface area contributed by atoms with Crippen molar-refractivity contribution < 1.29 is 4.74 Å². The number of fused-ring (bicyclic) bond motifs is 2. The summed E-state index contributed by atoms with van der Waals surface area (Å²) >= 11 is 0. The number of rotatable bonds is 7. The molecule has 1 aliphatic carbocycles. The van der Waals surface area contributed by atoms with Gasteiger partial charge < -0.3 is 4.74 Å². The van der Waals surface area contributed by atoms with Crippen molar-refractivity contribution in [1.29, 1.82) is 0 Å². The number of H-pyrrole nitrogens is 1. The lowest BCUT2D eigenvalue weighted by Crippen LogP contribution is -2.44. The largest absolute Gasteiger partial charge is 0.496 e. The molecule has 2 heterocycles. The molecule has 5 heteroatoms. The van der Waals surface area contributed by atoms with E-state index in [1.807, 2.05) is 6.20 Å². The minimum absolute atomic E-state index is 0.292. The van der Waals surface area contributed by atoms with Gasteiger partial charge in [0, 0.05) is 36.3 Å². The Morgan fingerprint density at radius 2 is 2.11 bits per heavy atom. The fourth-order valence-corrected chi connectivity index (χ4v) is 5.23. The van der Waals surface area contributed by atoms with Crippen LogP contribution < -0.4 is 4.74 Å². The van der Waals surface area contributed by atoms with Gasteiger partial charge in [-0.15, -0.1) is 0 Å². The van der Waals surface area contributed by atoms with Crippen LogP contribution in [0.2, 0.25) is 0 Å². The van der Waals surface area contributed by atoms with E-state index in [0.717, 1.165) is 38.5 Å². The Balaban J connectivity index is 1.49. The van der Waals surface area contributed by atoms with Crippen molar-refractivity contribution in [2.24, 2.45) is 0 Å². The van der Waals surface area contributed by atoms with Gasteiger partial charge in [0.05, 0.1) is 13.3 Å². The molecule has 1 aliphatic heterocycles. The highest BCUT2D eigenvalue weighted by molar-refractivity contribution is 5.38. The molecule has 0 radical (unpaired) electrons. The van der Waals surface area contributed by atoms with Crippen molar-refractivity contribution in [2.75, 3.05) is 33.3 Å². The first-order valence-corrected chi connectivity index (χ1v) is 10.8. The molecule has 0 amide bonds. The fraction of sp³-hybridized carbons (Fsp3) is 0.609. The fourth-order valence-electron chi connectivity index (χ4n) is 5.23. The van der Waals surface area contributed by atoms with E-state index in [1.54, 1.807) is 7.11 Å². The van der Waals surface area contributed by atoms with Crippen LogP contribution in [-0.4, -0.2) is 53.3 Å². The summed E-state index contributed by atoms with van der Waals surface area (Å²) in [4.78, 5) is 5.08. The Morgan fingerprint density at radius 1 is 1.25 bits per heavy atom.